The predicted octanol–water partition coefficient (Wildman–Crippen LogP) is 2.54. The number of nitrogens with zero attached hydrogens (tertiary/aromatic N) is 2. The van der Waals surface area contributed by atoms with E-state index in [1.165, 1.54) is 0 Å². The van der Waals surface area contributed by atoms with Crippen LogP contribution in [0.25, 0.3) is 0 Å². The fourth-order valence-electron chi connectivity index (χ4n) is 2.35. The molecule has 1 aromatic heterocycles. The van der Waals surface area contributed by atoms with Crippen molar-refractivity contribution in [1.29, 1.82) is 0 Å². The molecule has 1 rings (SSSR count). The minimum atomic E-state index is -0.838. The maximum absolute atomic E-state index is 11.1. The van der Waals surface area contributed by atoms with E-state index in [1.54, 1.807) is 6.07 Å². The van der Waals surface area contributed by atoms with E-state index in [2.05, 4.69) is 23.3 Å². The minimum absolute atomic E-state index is 0.422. The lowest BCUT2D eigenvalue weighted by Crippen LogP contribution is -2.28. The van der Waals surface area contributed by atoms with Gasteiger partial charge in [-0.15, -0.1) is 0 Å². The molecular weight excluding hydrogens is 228 g/mol. The Morgan fingerprint density at radius 3 is 2.44 bits per heavy atom. The number of rotatable bonds is 7. The van der Waals surface area contributed by atoms with E-state index in [-0.39, 0.29) is 0 Å². The molecule has 18 heavy (non-hydrogen) atoms. The average Bonchev–Trinajstić information content (AvgIpc) is 2.61. The van der Waals surface area contributed by atoms with E-state index in [9.17, 15) is 4.79 Å². The van der Waals surface area contributed by atoms with Gasteiger partial charge in [-0.3, -0.25) is 0 Å². The quantitative estimate of drug-likeness (QED) is 0.811. The molecule has 0 aromatic carbocycles. The van der Waals surface area contributed by atoms with Crippen LogP contribution in [0.1, 0.15) is 42.0 Å². The van der Waals surface area contributed by atoms with Gasteiger partial charge in [-0.25, -0.2) is 4.79 Å². The first-order chi connectivity index (χ1) is 8.51. The molecule has 1 N–H and O–H groups in total. The molecule has 0 unspecified atom stereocenters. The first kappa shape index (κ1) is 14.8. The van der Waals surface area contributed by atoms with Gasteiger partial charge in [-0.1, -0.05) is 13.8 Å². The molecular formula is C14H24N2O2. The molecule has 0 bridgehead atoms. The van der Waals surface area contributed by atoms with Crippen molar-refractivity contribution < 1.29 is 9.90 Å². The van der Waals surface area contributed by atoms with Crippen molar-refractivity contribution in [1.82, 2.24) is 9.47 Å². The molecule has 0 atom stereocenters. The van der Waals surface area contributed by atoms with Gasteiger partial charge in [0.15, 0.2) is 0 Å². The smallest absolute Gasteiger partial charge is 0.337 e. The fraction of sp³-hybridized carbons (Fsp3) is 0.643. The Labute approximate surface area is 109 Å². The van der Waals surface area contributed by atoms with E-state index in [4.69, 9.17) is 5.11 Å². The van der Waals surface area contributed by atoms with Gasteiger partial charge >= 0.3 is 5.97 Å². The standard InChI is InChI=1S/C14H24N2O2/c1-5-7-15(6-2)8-9-16-11(3)10-13(12(16)4)14(17)18/h10H,5-9H2,1-4H3,(H,17,18). The average molecular weight is 252 g/mol. The van der Waals surface area contributed by atoms with Crippen molar-refractivity contribution in [3.8, 4) is 0 Å². The molecule has 0 aliphatic heterocycles. The van der Waals surface area contributed by atoms with Crippen LogP contribution in [-0.2, 0) is 6.54 Å². The van der Waals surface area contributed by atoms with E-state index < -0.39 is 5.97 Å². The molecule has 4 heteroatoms. The highest BCUT2D eigenvalue weighted by atomic mass is 16.4. The molecule has 4 nitrogen and oxygen atoms in total. The van der Waals surface area contributed by atoms with Crippen LogP contribution >= 0.6 is 0 Å². The van der Waals surface area contributed by atoms with E-state index in [0.29, 0.717) is 5.56 Å². The SMILES string of the molecule is CCCN(CC)CCn1c(C)cc(C(=O)O)c1C. The zero-order valence-electron chi connectivity index (χ0n) is 11.9. The van der Waals surface area contributed by atoms with Gasteiger partial charge in [0.1, 0.15) is 0 Å². The molecule has 0 fully saturated rings. The first-order valence-corrected chi connectivity index (χ1v) is 6.63. The third-order valence-corrected chi connectivity index (χ3v) is 3.43. The normalized spacial score (nSPS) is 11.2. The second-order valence-electron chi connectivity index (χ2n) is 4.68. The highest BCUT2D eigenvalue weighted by Gasteiger charge is 2.14. The summed E-state index contributed by atoms with van der Waals surface area (Å²) in [6.45, 7) is 12.2. The zero-order chi connectivity index (χ0) is 13.7. The van der Waals surface area contributed by atoms with Gasteiger partial charge in [0.2, 0.25) is 0 Å². The number of hydrogen-bond donors (Lipinski definition) is 1. The van der Waals surface area contributed by atoms with Crippen LogP contribution in [0, 0.1) is 13.8 Å². The first-order valence-electron chi connectivity index (χ1n) is 6.63. The van der Waals surface area contributed by atoms with Crippen LogP contribution in [0.4, 0.5) is 0 Å². The van der Waals surface area contributed by atoms with Gasteiger partial charge < -0.3 is 14.6 Å². The largest absolute Gasteiger partial charge is 0.478 e. The number of carboxylic acid groups (broad SMARTS) is 1. The zero-order valence-corrected chi connectivity index (χ0v) is 11.9. The van der Waals surface area contributed by atoms with Gasteiger partial charge in [0.25, 0.3) is 0 Å². The lowest BCUT2D eigenvalue weighted by Gasteiger charge is -2.21. The van der Waals surface area contributed by atoms with E-state index in [0.717, 1.165) is 44.0 Å². The van der Waals surface area contributed by atoms with Crippen molar-refractivity contribution in [2.75, 3.05) is 19.6 Å². The van der Waals surface area contributed by atoms with Gasteiger partial charge in [0, 0.05) is 24.5 Å². The maximum Gasteiger partial charge on any atom is 0.337 e. The Hall–Kier alpha value is -1.29. The predicted molar refractivity (Wildman–Crippen MR) is 73.3 cm³/mol. The van der Waals surface area contributed by atoms with Gasteiger partial charge in [0.05, 0.1) is 5.56 Å². The van der Waals surface area contributed by atoms with Gasteiger partial charge in [-0.2, -0.15) is 0 Å². The molecule has 0 saturated carbocycles. The number of carboxylic acids is 1. The number of carbonyl (C=O) groups is 1. The Morgan fingerprint density at radius 1 is 1.33 bits per heavy atom. The Balaban J connectivity index is 2.75. The summed E-state index contributed by atoms with van der Waals surface area (Å²) in [5.41, 5.74) is 2.30. The summed E-state index contributed by atoms with van der Waals surface area (Å²) in [4.78, 5) is 13.4. The van der Waals surface area contributed by atoms with Crippen molar-refractivity contribution in [2.45, 2.75) is 40.7 Å². The van der Waals surface area contributed by atoms with Gasteiger partial charge in [-0.05, 0) is 39.4 Å². The summed E-state index contributed by atoms with van der Waals surface area (Å²) in [6, 6.07) is 1.76. The monoisotopic (exact) mass is 252 g/mol. The van der Waals surface area contributed by atoms with E-state index in [1.807, 2.05) is 13.8 Å². The number of hydrogen-bond acceptors (Lipinski definition) is 2. The lowest BCUT2D eigenvalue weighted by molar-refractivity contribution is 0.0696. The molecule has 0 spiro atoms. The molecule has 0 radical (unpaired) electrons. The van der Waals surface area contributed by atoms with Crippen molar-refractivity contribution in [3.63, 3.8) is 0 Å². The number of aryl methyl sites for hydroxylation is 1. The number of likely N-dealkylation sites (N-methyl/N-ethyl adjacent to an activating group) is 1. The van der Waals surface area contributed by atoms with Crippen LogP contribution < -0.4 is 0 Å². The number of aromatic carboxylic acids is 1. The van der Waals surface area contributed by atoms with Crippen LogP contribution in [-0.4, -0.2) is 40.2 Å². The molecule has 1 aromatic rings. The minimum Gasteiger partial charge on any atom is -0.478 e. The summed E-state index contributed by atoms with van der Waals surface area (Å²) in [7, 11) is 0. The lowest BCUT2D eigenvalue weighted by atomic mass is 10.2. The number of aromatic nitrogens is 1. The van der Waals surface area contributed by atoms with Crippen molar-refractivity contribution in [2.24, 2.45) is 0 Å². The molecule has 102 valence electrons. The van der Waals surface area contributed by atoms with E-state index >= 15 is 0 Å². The Kier molecular flexibility index (Phi) is 5.41. The van der Waals surface area contributed by atoms with Crippen LogP contribution in [0.5, 0.6) is 0 Å². The molecule has 0 aliphatic rings. The summed E-state index contributed by atoms with van der Waals surface area (Å²) in [5, 5.41) is 9.09. The molecule has 0 saturated heterocycles. The second-order valence-corrected chi connectivity index (χ2v) is 4.68. The summed E-state index contributed by atoms with van der Waals surface area (Å²) in [6.07, 6.45) is 1.15. The fourth-order valence-corrected chi connectivity index (χ4v) is 2.35. The highest BCUT2D eigenvalue weighted by molar-refractivity contribution is 5.89. The second kappa shape index (κ2) is 6.59. The summed E-state index contributed by atoms with van der Waals surface area (Å²) >= 11 is 0. The van der Waals surface area contributed by atoms with Crippen LogP contribution in [0.3, 0.4) is 0 Å². The van der Waals surface area contributed by atoms with Crippen molar-refractivity contribution in [3.05, 3.63) is 23.0 Å². The molecule has 1 heterocycles. The maximum atomic E-state index is 11.1. The summed E-state index contributed by atoms with van der Waals surface area (Å²) in [5.74, 6) is -0.838. The van der Waals surface area contributed by atoms with Crippen LogP contribution in [0.15, 0.2) is 6.07 Å². The van der Waals surface area contributed by atoms with Crippen molar-refractivity contribution >= 4 is 5.97 Å². The van der Waals surface area contributed by atoms with Crippen LogP contribution in [0.2, 0.25) is 0 Å². The molecule has 0 aliphatic carbocycles. The Morgan fingerprint density at radius 2 is 2.00 bits per heavy atom. The Bertz CT molecular complexity index is 410. The third kappa shape index (κ3) is 3.35. The highest BCUT2D eigenvalue weighted by Crippen LogP contribution is 2.15. The third-order valence-electron chi connectivity index (χ3n) is 3.43. The summed E-state index contributed by atoms with van der Waals surface area (Å²) < 4.78 is 2.10. The molecule has 0 amide bonds. The topological polar surface area (TPSA) is 45.5 Å².